The van der Waals surface area contributed by atoms with Crippen molar-refractivity contribution >= 4 is 23.3 Å². The fraction of sp³-hybridized carbons (Fsp3) is 0.600. The van der Waals surface area contributed by atoms with E-state index < -0.39 is 36.6 Å². The molecule has 1 aromatic carbocycles. The van der Waals surface area contributed by atoms with Crippen molar-refractivity contribution in [1.82, 2.24) is 0 Å². The van der Waals surface area contributed by atoms with Gasteiger partial charge >= 0.3 is 0 Å². The molecule has 1 aromatic rings. The van der Waals surface area contributed by atoms with E-state index in [1.807, 2.05) is 6.92 Å². The second-order valence-electron chi connectivity index (χ2n) is 8.97. The molecule has 7 N–H and O–H groups in total. The smallest absolute Gasteiger partial charge is 0.224 e. The standard InChI is InChI=1S/C25H35NO7.H2O.2H2/c1-2-3-4-5-20(29)17-6-7-21(30)25-18(17)11-15(12-23(25)32)10-16(8-9-27)19(14-28)22(31)13-24(26)33;;;/h6-7,15-16,19,27-28,30H,2-5,8-14H2,1H3,(H2,26,33);1H2;2*1H. The number of hydrogen-bond acceptors (Lipinski definition) is 7. The molecule has 1 aliphatic carbocycles. The van der Waals surface area contributed by atoms with Crippen LogP contribution in [0.2, 0.25) is 0 Å². The molecule has 194 valence electrons. The number of nitrogens with two attached hydrogens (primary N) is 1. The fourth-order valence-electron chi connectivity index (χ4n) is 4.88. The Morgan fingerprint density at radius 1 is 1.18 bits per heavy atom. The first-order valence-electron chi connectivity index (χ1n) is 11.7. The highest BCUT2D eigenvalue weighted by atomic mass is 16.3. The van der Waals surface area contributed by atoms with Crippen LogP contribution >= 0.6 is 0 Å². The zero-order valence-corrected chi connectivity index (χ0v) is 19.7. The molecule has 3 atom stereocenters. The molecule has 34 heavy (non-hydrogen) atoms. The number of ketones is 3. The van der Waals surface area contributed by atoms with Gasteiger partial charge in [0.05, 0.1) is 18.6 Å². The number of primary amides is 1. The highest BCUT2D eigenvalue weighted by Crippen LogP contribution is 2.38. The monoisotopic (exact) mass is 483 g/mol. The minimum absolute atomic E-state index is 0. The van der Waals surface area contributed by atoms with E-state index in [1.165, 1.54) is 6.07 Å². The molecule has 0 aliphatic heterocycles. The third-order valence-electron chi connectivity index (χ3n) is 6.51. The number of aromatic hydroxyl groups is 1. The summed E-state index contributed by atoms with van der Waals surface area (Å²) < 4.78 is 0. The van der Waals surface area contributed by atoms with Gasteiger partial charge in [-0.25, -0.2) is 0 Å². The number of benzene rings is 1. The summed E-state index contributed by atoms with van der Waals surface area (Å²) in [7, 11) is 0. The summed E-state index contributed by atoms with van der Waals surface area (Å²) in [5.74, 6) is -3.32. The summed E-state index contributed by atoms with van der Waals surface area (Å²) >= 11 is 0. The number of phenolic OH excluding ortho intramolecular Hbond substituents is 1. The Hall–Kier alpha value is -2.62. The van der Waals surface area contributed by atoms with Crippen LogP contribution in [0.1, 0.15) is 87.4 Å². The summed E-state index contributed by atoms with van der Waals surface area (Å²) in [5, 5.41) is 29.6. The number of unbranched alkanes of at least 4 members (excludes halogenated alkanes) is 2. The van der Waals surface area contributed by atoms with Gasteiger partial charge in [0.15, 0.2) is 11.6 Å². The van der Waals surface area contributed by atoms with Gasteiger partial charge in [-0.15, -0.1) is 0 Å². The van der Waals surface area contributed by atoms with Crippen molar-refractivity contribution in [2.24, 2.45) is 23.5 Å². The van der Waals surface area contributed by atoms with Crippen LogP contribution in [0.15, 0.2) is 12.1 Å². The maximum atomic E-state index is 12.9. The minimum Gasteiger partial charge on any atom is -0.507 e. The van der Waals surface area contributed by atoms with Crippen molar-refractivity contribution in [3.63, 3.8) is 0 Å². The summed E-state index contributed by atoms with van der Waals surface area (Å²) in [6, 6.07) is 2.96. The number of aliphatic hydroxyl groups excluding tert-OH is 2. The number of carbonyl (C=O) groups excluding carboxylic acids is 4. The van der Waals surface area contributed by atoms with E-state index in [0.29, 0.717) is 30.4 Å². The van der Waals surface area contributed by atoms with Crippen LogP contribution in [0.4, 0.5) is 0 Å². The molecule has 0 aromatic heterocycles. The maximum absolute atomic E-state index is 12.9. The van der Waals surface area contributed by atoms with Crippen molar-refractivity contribution in [2.45, 2.75) is 64.7 Å². The second-order valence-corrected chi connectivity index (χ2v) is 8.97. The second kappa shape index (κ2) is 13.9. The summed E-state index contributed by atoms with van der Waals surface area (Å²) in [6.45, 7) is 1.34. The number of fused-ring (bicyclic) bond motifs is 1. The van der Waals surface area contributed by atoms with Crippen LogP contribution in [0.25, 0.3) is 0 Å². The number of carbonyl (C=O) groups is 4. The van der Waals surface area contributed by atoms with Gasteiger partial charge in [0.25, 0.3) is 0 Å². The Morgan fingerprint density at radius 2 is 1.88 bits per heavy atom. The zero-order valence-electron chi connectivity index (χ0n) is 19.7. The SMILES string of the molecule is CCCCCC(=O)c1ccc(O)c2c1CC(CC(CCO)C(CO)C(=O)CC(N)=O)CC2=O.O.[HH].[HH]. The van der Waals surface area contributed by atoms with E-state index in [2.05, 4.69) is 0 Å². The third kappa shape index (κ3) is 7.44. The van der Waals surface area contributed by atoms with Crippen molar-refractivity contribution in [2.75, 3.05) is 13.2 Å². The Labute approximate surface area is 202 Å². The lowest BCUT2D eigenvalue weighted by atomic mass is 9.72. The van der Waals surface area contributed by atoms with Crippen LogP contribution in [0, 0.1) is 17.8 Å². The molecule has 0 radical (unpaired) electrons. The number of rotatable bonds is 14. The predicted octanol–water partition coefficient (Wildman–Crippen LogP) is 2.01. The maximum Gasteiger partial charge on any atom is 0.224 e. The lowest BCUT2D eigenvalue weighted by molar-refractivity contribution is -0.131. The van der Waals surface area contributed by atoms with E-state index >= 15 is 0 Å². The molecule has 0 saturated heterocycles. The summed E-state index contributed by atoms with van der Waals surface area (Å²) in [4.78, 5) is 49.4. The largest absolute Gasteiger partial charge is 0.507 e. The van der Waals surface area contributed by atoms with Gasteiger partial charge in [-0.1, -0.05) is 19.8 Å². The third-order valence-corrected chi connectivity index (χ3v) is 6.51. The van der Waals surface area contributed by atoms with Gasteiger partial charge in [-0.3, -0.25) is 19.2 Å². The van der Waals surface area contributed by atoms with Gasteiger partial charge in [0.1, 0.15) is 11.5 Å². The molecule has 0 bridgehead atoms. The highest BCUT2D eigenvalue weighted by molar-refractivity contribution is 6.06. The zero-order chi connectivity index (χ0) is 24.5. The van der Waals surface area contributed by atoms with Gasteiger partial charge in [0, 0.05) is 33.8 Å². The molecule has 1 aliphatic rings. The number of Topliss-reactive ketones (excluding diaryl/α,β-unsaturated/α-hetero) is 3. The Kier molecular flexibility index (Phi) is 12.1. The molecular formula is C25H41NO8. The van der Waals surface area contributed by atoms with Crippen LogP contribution in [0.3, 0.4) is 0 Å². The first-order valence-corrected chi connectivity index (χ1v) is 11.7. The number of aliphatic hydroxyl groups is 2. The van der Waals surface area contributed by atoms with Crippen LogP contribution in [-0.2, 0) is 16.0 Å². The number of amides is 1. The molecule has 0 fully saturated rings. The molecule has 0 spiro atoms. The van der Waals surface area contributed by atoms with Crippen LogP contribution in [-0.4, -0.2) is 57.3 Å². The van der Waals surface area contributed by atoms with Gasteiger partial charge in [-0.05, 0) is 55.2 Å². The quantitative estimate of drug-likeness (QED) is 0.177. The molecule has 0 heterocycles. The highest BCUT2D eigenvalue weighted by Gasteiger charge is 2.35. The Balaban J connectivity index is 0. The van der Waals surface area contributed by atoms with E-state index in [0.717, 1.165) is 19.3 Å². The van der Waals surface area contributed by atoms with E-state index in [9.17, 15) is 34.5 Å². The van der Waals surface area contributed by atoms with Crippen LogP contribution in [0.5, 0.6) is 5.75 Å². The average molecular weight is 484 g/mol. The lowest BCUT2D eigenvalue weighted by Gasteiger charge is -2.31. The molecule has 2 rings (SSSR count). The fourth-order valence-corrected chi connectivity index (χ4v) is 4.88. The van der Waals surface area contributed by atoms with Crippen molar-refractivity contribution < 1.29 is 42.8 Å². The summed E-state index contributed by atoms with van der Waals surface area (Å²) in [6.07, 6.45) is 3.59. The molecule has 9 heteroatoms. The first-order chi connectivity index (χ1) is 15.7. The number of phenols is 1. The van der Waals surface area contributed by atoms with E-state index in [4.69, 9.17) is 5.73 Å². The average Bonchev–Trinajstić information content (AvgIpc) is 2.74. The lowest BCUT2D eigenvalue weighted by Crippen LogP contribution is -2.34. The van der Waals surface area contributed by atoms with Gasteiger partial charge < -0.3 is 26.5 Å². The minimum atomic E-state index is -0.875. The van der Waals surface area contributed by atoms with Crippen molar-refractivity contribution in [1.29, 1.82) is 0 Å². The Bertz CT molecular complexity index is 893. The summed E-state index contributed by atoms with van der Waals surface area (Å²) in [5.41, 5.74) is 6.29. The first kappa shape index (κ1) is 29.4. The molecule has 9 nitrogen and oxygen atoms in total. The topological polar surface area (TPSA) is 186 Å². The molecule has 0 saturated carbocycles. The van der Waals surface area contributed by atoms with Crippen LogP contribution < -0.4 is 5.73 Å². The predicted molar refractivity (Wildman–Crippen MR) is 130 cm³/mol. The van der Waals surface area contributed by atoms with Crippen molar-refractivity contribution in [3.8, 4) is 5.75 Å². The molecule has 1 amide bonds. The van der Waals surface area contributed by atoms with Crippen molar-refractivity contribution in [3.05, 3.63) is 28.8 Å². The normalized spacial score (nSPS) is 16.8. The van der Waals surface area contributed by atoms with E-state index in [1.54, 1.807) is 6.07 Å². The molecular weight excluding hydrogens is 442 g/mol. The van der Waals surface area contributed by atoms with Gasteiger partial charge in [0.2, 0.25) is 5.91 Å². The Morgan fingerprint density at radius 3 is 2.47 bits per heavy atom. The number of hydrogen-bond donors (Lipinski definition) is 4. The van der Waals surface area contributed by atoms with Gasteiger partial charge in [-0.2, -0.15) is 0 Å². The molecule has 3 unspecified atom stereocenters. The van der Waals surface area contributed by atoms with E-state index in [-0.39, 0.29) is 56.6 Å².